The molecule has 0 radical (unpaired) electrons. The van der Waals surface area contributed by atoms with Crippen LogP contribution in [0.15, 0.2) is 35.3 Å². The van der Waals surface area contributed by atoms with Crippen LogP contribution in [0, 0.1) is 5.92 Å². The number of hydrogen-bond acceptors (Lipinski definition) is 5. The van der Waals surface area contributed by atoms with Crippen LogP contribution in [0.3, 0.4) is 0 Å². The Balaban J connectivity index is 1.93. The Morgan fingerprint density at radius 3 is 2.67 bits per heavy atom. The largest absolute Gasteiger partial charge is 0.468 e. The van der Waals surface area contributed by atoms with Gasteiger partial charge in [0, 0.05) is 19.3 Å². The van der Waals surface area contributed by atoms with Gasteiger partial charge in [-0.25, -0.2) is 4.79 Å². The van der Waals surface area contributed by atoms with Gasteiger partial charge >= 0.3 is 12.1 Å². The van der Waals surface area contributed by atoms with Crippen LogP contribution in [0.5, 0.6) is 0 Å². The molecular weight excluding hydrogens is 272 g/mol. The molecule has 0 aromatic heterocycles. The highest BCUT2D eigenvalue weighted by atomic mass is 16.6. The molecule has 0 spiro atoms. The number of likely N-dealkylation sites (tertiary alicyclic amines) is 1. The van der Waals surface area contributed by atoms with Crippen molar-refractivity contribution in [2.75, 3.05) is 27.2 Å². The fourth-order valence-electron chi connectivity index (χ4n) is 2.23. The van der Waals surface area contributed by atoms with Gasteiger partial charge in [0.1, 0.15) is 12.5 Å². The Labute approximate surface area is 123 Å². The molecule has 1 aromatic rings. The molecule has 0 saturated carbocycles. The SMILES string of the molecule is CN=C1CN(C(=O)OCc2ccccc2)CC1C(=O)OC. The highest BCUT2D eigenvalue weighted by molar-refractivity contribution is 6.06. The lowest BCUT2D eigenvalue weighted by molar-refractivity contribution is -0.142. The van der Waals surface area contributed by atoms with E-state index < -0.39 is 12.0 Å². The monoisotopic (exact) mass is 290 g/mol. The van der Waals surface area contributed by atoms with E-state index >= 15 is 0 Å². The van der Waals surface area contributed by atoms with E-state index in [1.807, 2.05) is 30.3 Å². The van der Waals surface area contributed by atoms with Gasteiger partial charge in [-0.2, -0.15) is 0 Å². The van der Waals surface area contributed by atoms with E-state index in [4.69, 9.17) is 9.47 Å². The molecule has 1 saturated heterocycles. The Bertz CT molecular complexity index is 542. The van der Waals surface area contributed by atoms with Crippen molar-refractivity contribution in [3.05, 3.63) is 35.9 Å². The second-order valence-electron chi connectivity index (χ2n) is 4.71. The van der Waals surface area contributed by atoms with Gasteiger partial charge in [0.25, 0.3) is 0 Å². The number of rotatable bonds is 3. The summed E-state index contributed by atoms with van der Waals surface area (Å²) in [4.78, 5) is 29.2. The molecule has 2 rings (SSSR count). The molecule has 6 heteroatoms. The Morgan fingerprint density at radius 2 is 2.05 bits per heavy atom. The molecule has 6 nitrogen and oxygen atoms in total. The highest BCUT2D eigenvalue weighted by Gasteiger charge is 2.37. The van der Waals surface area contributed by atoms with Crippen molar-refractivity contribution < 1.29 is 19.1 Å². The average Bonchev–Trinajstić information content (AvgIpc) is 2.97. The van der Waals surface area contributed by atoms with E-state index in [1.165, 1.54) is 12.0 Å². The Morgan fingerprint density at radius 1 is 1.33 bits per heavy atom. The molecule has 1 aliphatic heterocycles. The standard InChI is InChI=1S/C15H18N2O4/c1-16-13-9-17(8-12(13)14(18)20-2)15(19)21-10-11-6-4-3-5-7-11/h3-7,12H,8-10H2,1-2H3. The first-order valence-corrected chi connectivity index (χ1v) is 6.64. The summed E-state index contributed by atoms with van der Waals surface area (Å²) in [6, 6.07) is 9.43. The summed E-state index contributed by atoms with van der Waals surface area (Å²) in [6.07, 6.45) is -0.452. The van der Waals surface area contributed by atoms with Gasteiger partial charge in [-0.05, 0) is 5.56 Å². The van der Waals surface area contributed by atoms with Gasteiger partial charge in [-0.15, -0.1) is 0 Å². The summed E-state index contributed by atoms with van der Waals surface area (Å²) < 4.78 is 9.97. The van der Waals surface area contributed by atoms with Gasteiger partial charge in [0.2, 0.25) is 0 Å². The van der Waals surface area contributed by atoms with Crippen LogP contribution in [0.2, 0.25) is 0 Å². The minimum atomic E-state index is -0.496. The van der Waals surface area contributed by atoms with Crippen LogP contribution in [0.1, 0.15) is 5.56 Å². The van der Waals surface area contributed by atoms with Crippen LogP contribution in [0.4, 0.5) is 4.79 Å². The molecule has 1 fully saturated rings. The number of carbonyl (C=O) groups excluding carboxylic acids is 2. The smallest absolute Gasteiger partial charge is 0.410 e. The second-order valence-corrected chi connectivity index (χ2v) is 4.71. The Hall–Kier alpha value is -2.37. The first kappa shape index (κ1) is 15.0. The molecule has 1 aromatic carbocycles. The summed E-state index contributed by atoms with van der Waals surface area (Å²) in [7, 11) is 2.93. The van der Waals surface area contributed by atoms with Crippen LogP contribution >= 0.6 is 0 Å². The fraction of sp³-hybridized carbons (Fsp3) is 0.400. The van der Waals surface area contributed by atoms with Crippen molar-refractivity contribution in [1.29, 1.82) is 0 Å². The molecule has 1 unspecified atom stereocenters. The normalized spacial score (nSPS) is 19.6. The third kappa shape index (κ3) is 3.59. The van der Waals surface area contributed by atoms with E-state index in [-0.39, 0.29) is 19.1 Å². The number of benzene rings is 1. The zero-order valence-corrected chi connectivity index (χ0v) is 12.1. The third-order valence-electron chi connectivity index (χ3n) is 3.39. The first-order chi connectivity index (χ1) is 10.2. The lowest BCUT2D eigenvalue weighted by Gasteiger charge is -2.15. The van der Waals surface area contributed by atoms with E-state index in [1.54, 1.807) is 7.05 Å². The van der Waals surface area contributed by atoms with E-state index in [9.17, 15) is 9.59 Å². The average molecular weight is 290 g/mol. The molecule has 0 bridgehead atoms. The molecule has 0 N–H and O–H groups in total. The van der Waals surface area contributed by atoms with Crippen molar-refractivity contribution in [3.63, 3.8) is 0 Å². The zero-order chi connectivity index (χ0) is 15.2. The number of ether oxygens (including phenoxy) is 2. The molecule has 1 aliphatic rings. The lowest BCUT2D eigenvalue weighted by atomic mass is 10.1. The maximum atomic E-state index is 12.0. The van der Waals surface area contributed by atoms with Gasteiger partial charge in [-0.3, -0.25) is 9.79 Å². The van der Waals surface area contributed by atoms with Crippen molar-refractivity contribution in [2.45, 2.75) is 6.61 Å². The van der Waals surface area contributed by atoms with Crippen molar-refractivity contribution in [3.8, 4) is 0 Å². The van der Waals surface area contributed by atoms with E-state index in [0.29, 0.717) is 12.3 Å². The van der Waals surface area contributed by atoms with Gasteiger partial charge in [-0.1, -0.05) is 30.3 Å². The fourth-order valence-corrected chi connectivity index (χ4v) is 2.23. The number of carbonyl (C=O) groups is 2. The van der Waals surface area contributed by atoms with Crippen LogP contribution in [0.25, 0.3) is 0 Å². The van der Waals surface area contributed by atoms with Crippen LogP contribution in [-0.2, 0) is 20.9 Å². The topological polar surface area (TPSA) is 68.2 Å². The minimum absolute atomic E-state index is 0.206. The number of nitrogens with zero attached hydrogens (tertiary/aromatic N) is 2. The summed E-state index contributed by atoms with van der Waals surface area (Å²) in [6.45, 7) is 0.745. The van der Waals surface area contributed by atoms with E-state index in [2.05, 4.69) is 4.99 Å². The van der Waals surface area contributed by atoms with Crippen LogP contribution < -0.4 is 0 Å². The Kier molecular flexibility index (Phi) is 4.92. The highest BCUT2D eigenvalue weighted by Crippen LogP contribution is 2.17. The zero-order valence-electron chi connectivity index (χ0n) is 12.1. The summed E-state index contributed by atoms with van der Waals surface area (Å²) in [5.41, 5.74) is 1.55. The summed E-state index contributed by atoms with van der Waals surface area (Å²) >= 11 is 0. The molecule has 1 amide bonds. The predicted molar refractivity (Wildman–Crippen MR) is 77.1 cm³/mol. The number of aliphatic imine (C=N–C) groups is 1. The molecule has 1 heterocycles. The number of amides is 1. The maximum absolute atomic E-state index is 12.0. The molecule has 1 atom stereocenters. The maximum Gasteiger partial charge on any atom is 0.410 e. The van der Waals surface area contributed by atoms with E-state index in [0.717, 1.165) is 5.56 Å². The quantitative estimate of drug-likeness (QED) is 0.791. The van der Waals surface area contributed by atoms with Crippen molar-refractivity contribution >= 4 is 17.8 Å². The van der Waals surface area contributed by atoms with Gasteiger partial charge in [0.05, 0.1) is 13.7 Å². The van der Waals surface area contributed by atoms with Crippen LogP contribution in [-0.4, -0.2) is 49.9 Å². The number of esters is 1. The van der Waals surface area contributed by atoms with Gasteiger partial charge in [0.15, 0.2) is 0 Å². The van der Waals surface area contributed by atoms with Crippen molar-refractivity contribution in [2.24, 2.45) is 10.9 Å². The van der Waals surface area contributed by atoms with Crippen molar-refractivity contribution in [1.82, 2.24) is 4.90 Å². The van der Waals surface area contributed by atoms with Gasteiger partial charge < -0.3 is 14.4 Å². The molecule has 112 valence electrons. The molecule has 21 heavy (non-hydrogen) atoms. The number of methoxy groups -OCH3 is 1. The second kappa shape index (κ2) is 6.88. The third-order valence-corrected chi connectivity index (χ3v) is 3.39. The minimum Gasteiger partial charge on any atom is -0.468 e. The number of hydrogen-bond donors (Lipinski definition) is 0. The molecular formula is C15H18N2O4. The first-order valence-electron chi connectivity index (χ1n) is 6.64. The predicted octanol–water partition coefficient (Wildman–Crippen LogP) is 1.50. The summed E-state index contributed by atoms with van der Waals surface area (Å²) in [5.74, 6) is -0.877. The lowest BCUT2D eigenvalue weighted by Crippen LogP contribution is -2.30. The molecule has 0 aliphatic carbocycles. The summed E-state index contributed by atoms with van der Waals surface area (Å²) in [5, 5.41) is 0.